The molecule has 8 heteroatoms. The summed E-state index contributed by atoms with van der Waals surface area (Å²) in [6, 6.07) is 14.6. The zero-order valence-electron chi connectivity index (χ0n) is 17.6. The van der Waals surface area contributed by atoms with E-state index in [0.717, 1.165) is 29.8 Å². The second kappa shape index (κ2) is 8.90. The highest BCUT2D eigenvalue weighted by Crippen LogP contribution is 2.29. The number of carbonyl (C=O) groups is 1. The average Bonchev–Trinajstić information content (AvgIpc) is 3.44. The first-order chi connectivity index (χ1) is 14.9. The smallest absolute Gasteiger partial charge is 0.267 e. The Morgan fingerprint density at radius 3 is 2.52 bits per heavy atom. The number of sulfonamides is 1. The number of anilines is 1. The van der Waals surface area contributed by atoms with Crippen molar-refractivity contribution in [2.75, 3.05) is 18.4 Å². The van der Waals surface area contributed by atoms with Gasteiger partial charge in [-0.1, -0.05) is 37.3 Å². The van der Waals surface area contributed by atoms with Crippen LogP contribution in [0.1, 0.15) is 40.7 Å². The highest BCUT2D eigenvalue weighted by Gasteiger charge is 2.27. The van der Waals surface area contributed by atoms with Crippen molar-refractivity contribution in [3.05, 3.63) is 64.7 Å². The van der Waals surface area contributed by atoms with E-state index in [9.17, 15) is 13.2 Å². The van der Waals surface area contributed by atoms with Crippen LogP contribution in [-0.2, 0) is 16.4 Å². The summed E-state index contributed by atoms with van der Waals surface area (Å²) in [6.07, 6.45) is 2.73. The van der Waals surface area contributed by atoms with Crippen molar-refractivity contribution in [2.24, 2.45) is 0 Å². The monoisotopic (exact) mass is 455 g/mol. The molecule has 1 amide bonds. The number of rotatable bonds is 6. The molecule has 1 saturated heterocycles. The number of amides is 1. The van der Waals surface area contributed by atoms with Crippen LogP contribution in [0.2, 0.25) is 0 Å². The van der Waals surface area contributed by atoms with Crippen LogP contribution >= 0.6 is 11.3 Å². The molecule has 0 aliphatic carbocycles. The Labute approximate surface area is 187 Å². The van der Waals surface area contributed by atoms with Gasteiger partial charge < -0.3 is 5.32 Å². The van der Waals surface area contributed by atoms with Gasteiger partial charge in [-0.2, -0.15) is 4.31 Å². The molecule has 2 heterocycles. The first-order valence-corrected chi connectivity index (χ1v) is 12.6. The van der Waals surface area contributed by atoms with E-state index in [1.54, 1.807) is 18.2 Å². The number of nitrogens with zero attached hydrogens (tertiary/aromatic N) is 2. The molecule has 1 fully saturated rings. The largest absolute Gasteiger partial charge is 0.321 e. The number of hydrogen-bond acceptors (Lipinski definition) is 5. The molecule has 0 atom stereocenters. The summed E-state index contributed by atoms with van der Waals surface area (Å²) >= 11 is 1.33. The molecule has 0 bridgehead atoms. The molecule has 1 N–H and O–H groups in total. The van der Waals surface area contributed by atoms with Crippen LogP contribution in [-0.4, -0.2) is 36.7 Å². The normalized spacial score (nSPS) is 14.6. The van der Waals surface area contributed by atoms with Gasteiger partial charge in [0, 0.05) is 24.3 Å². The Bertz CT molecular complexity index is 1200. The topological polar surface area (TPSA) is 79.4 Å². The van der Waals surface area contributed by atoms with Gasteiger partial charge in [0.2, 0.25) is 10.0 Å². The van der Waals surface area contributed by atoms with E-state index < -0.39 is 10.0 Å². The van der Waals surface area contributed by atoms with Gasteiger partial charge in [0.1, 0.15) is 9.88 Å². The number of aromatic nitrogens is 1. The molecule has 1 aliphatic rings. The summed E-state index contributed by atoms with van der Waals surface area (Å²) in [5, 5.41) is 3.62. The van der Waals surface area contributed by atoms with Crippen molar-refractivity contribution in [2.45, 2.75) is 38.0 Å². The lowest BCUT2D eigenvalue weighted by molar-refractivity contribution is 0.102. The van der Waals surface area contributed by atoms with Crippen LogP contribution in [0.3, 0.4) is 0 Å². The van der Waals surface area contributed by atoms with Crippen molar-refractivity contribution in [3.8, 4) is 10.6 Å². The zero-order valence-corrected chi connectivity index (χ0v) is 19.2. The Morgan fingerprint density at radius 1 is 1.13 bits per heavy atom. The van der Waals surface area contributed by atoms with E-state index in [4.69, 9.17) is 0 Å². The molecule has 0 radical (unpaired) electrons. The van der Waals surface area contributed by atoms with Gasteiger partial charge >= 0.3 is 0 Å². The van der Waals surface area contributed by atoms with Gasteiger partial charge in [0.05, 0.1) is 10.6 Å². The first kappa shape index (κ1) is 21.7. The molecule has 162 valence electrons. The molecule has 2 aromatic carbocycles. The number of benzene rings is 2. The van der Waals surface area contributed by atoms with E-state index in [1.807, 2.05) is 19.1 Å². The van der Waals surface area contributed by atoms with Crippen molar-refractivity contribution in [1.82, 2.24) is 9.29 Å². The fourth-order valence-corrected chi connectivity index (χ4v) is 6.14. The van der Waals surface area contributed by atoms with Crippen molar-refractivity contribution < 1.29 is 13.2 Å². The molecule has 0 unspecified atom stereocenters. The summed E-state index contributed by atoms with van der Waals surface area (Å²) in [5.41, 5.74) is 3.33. The third-order valence-corrected chi connectivity index (χ3v) is 8.51. The van der Waals surface area contributed by atoms with Crippen molar-refractivity contribution in [1.29, 1.82) is 0 Å². The third kappa shape index (κ3) is 4.56. The predicted octanol–water partition coefficient (Wildman–Crippen LogP) is 4.72. The quantitative estimate of drug-likeness (QED) is 0.583. The summed E-state index contributed by atoms with van der Waals surface area (Å²) in [4.78, 5) is 18.2. The Kier molecular flexibility index (Phi) is 6.22. The minimum atomic E-state index is -3.54. The Balaban J connectivity index is 1.54. The van der Waals surface area contributed by atoms with E-state index in [-0.39, 0.29) is 10.8 Å². The number of carbonyl (C=O) groups excluding carboxylic acids is 1. The zero-order chi connectivity index (χ0) is 22.0. The molecule has 3 aromatic rings. The molecule has 6 nitrogen and oxygen atoms in total. The fourth-order valence-electron chi connectivity index (χ4n) is 3.61. The second-order valence-corrected chi connectivity index (χ2v) is 10.5. The lowest BCUT2D eigenvalue weighted by atomic mass is 10.1. The molecule has 1 aromatic heterocycles. The minimum Gasteiger partial charge on any atom is -0.321 e. The van der Waals surface area contributed by atoms with Gasteiger partial charge in [-0.15, -0.1) is 11.3 Å². The van der Waals surface area contributed by atoms with Crippen LogP contribution in [0.5, 0.6) is 0 Å². The van der Waals surface area contributed by atoms with Gasteiger partial charge in [-0.25, -0.2) is 13.4 Å². The Hall–Kier alpha value is -2.55. The summed E-state index contributed by atoms with van der Waals surface area (Å²) in [6.45, 7) is 5.00. The van der Waals surface area contributed by atoms with E-state index >= 15 is 0 Å². The van der Waals surface area contributed by atoms with Gasteiger partial charge in [-0.05, 0) is 49.9 Å². The highest BCUT2D eigenvalue weighted by molar-refractivity contribution is 7.89. The minimum absolute atomic E-state index is 0.199. The lowest BCUT2D eigenvalue weighted by Gasteiger charge is -2.16. The summed E-state index contributed by atoms with van der Waals surface area (Å²) in [7, 11) is -3.54. The molecular formula is C23H25N3O3S2. The average molecular weight is 456 g/mol. The first-order valence-electron chi connectivity index (χ1n) is 10.4. The van der Waals surface area contributed by atoms with Crippen LogP contribution in [0.15, 0.2) is 53.4 Å². The van der Waals surface area contributed by atoms with Gasteiger partial charge in [-0.3, -0.25) is 4.79 Å². The van der Waals surface area contributed by atoms with Gasteiger partial charge in [0.15, 0.2) is 0 Å². The SMILES string of the molecule is CCc1ccc(-c2nc(C)c(C(=O)Nc3cccc(S(=O)(=O)N4CCCC4)c3)s2)cc1. The fraction of sp³-hybridized carbons (Fsp3) is 0.304. The number of nitrogens with one attached hydrogen (secondary N) is 1. The molecule has 31 heavy (non-hydrogen) atoms. The molecule has 0 spiro atoms. The van der Waals surface area contributed by atoms with E-state index in [1.165, 1.54) is 27.3 Å². The molecular weight excluding hydrogens is 430 g/mol. The van der Waals surface area contributed by atoms with Crippen molar-refractivity contribution >= 4 is 33.0 Å². The van der Waals surface area contributed by atoms with E-state index in [0.29, 0.717) is 29.3 Å². The summed E-state index contributed by atoms with van der Waals surface area (Å²) < 4.78 is 27.1. The molecule has 1 aliphatic heterocycles. The Morgan fingerprint density at radius 2 is 1.84 bits per heavy atom. The lowest BCUT2D eigenvalue weighted by Crippen LogP contribution is -2.27. The van der Waals surface area contributed by atoms with E-state index in [2.05, 4.69) is 29.4 Å². The standard InChI is InChI=1S/C23H25N3O3S2/c1-3-17-9-11-18(12-10-17)23-24-16(2)21(30-23)22(27)25-19-7-6-8-20(15-19)31(28,29)26-13-4-5-14-26/h6-12,15H,3-5,13-14H2,1-2H3,(H,25,27). The highest BCUT2D eigenvalue weighted by atomic mass is 32.2. The molecule has 0 saturated carbocycles. The molecule has 4 rings (SSSR count). The predicted molar refractivity (Wildman–Crippen MR) is 124 cm³/mol. The van der Waals surface area contributed by atoms with Crippen LogP contribution in [0.4, 0.5) is 5.69 Å². The number of hydrogen-bond donors (Lipinski definition) is 1. The van der Waals surface area contributed by atoms with Crippen LogP contribution in [0, 0.1) is 6.92 Å². The maximum atomic E-state index is 12.9. The third-order valence-electron chi connectivity index (χ3n) is 5.41. The van der Waals surface area contributed by atoms with Crippen LogP contribution < -0.4 is 5.32 Å². The number of aryl methyl sites for hydroxylation is 2. The van der Waals surface area contributed by atoms with Gasteiger partial charge in [0.25, 0.3) is 5.91 Å². The summed E-state index contributed by atoms with van der Waals surface area (Å²) in [5.74, 6) is -0.290. The second-order valence-electron chi connectivity index (χ2n) is 7.58. The van der Waals surface area contributed by atoms with Crippen molar-refractivity contribution in [3.63, 3.8) is 0 Å². The maximum Gasteiger partial charge on any atom is 0.267 e. The number of thiazole rings is 1. The maximum absolute atomic E-state index is 12.9. The van der Waals surface area contributed by atoms with Crippen LogP contribution in [0.25, 0.3) is 10.6 Å².